The molecule has 3 N–H and O–H groups in total. The molecule has 2 unspecified atom stereocenters. The molecule has 0 spiro atoms. The molecule has 2 aromatic rings. The first-order valence-electron chi connectivity index (χ1n) is 7.69. The summed E-state index contributed by atoms with van der Waals surface area (Å²) in [5.74, 6) is -2.06. The molecular weight excluding hydrogens is 308 g/mol. The van der Waals surface area contributed by atoms with Crippen LogP contribution in [0.4, 0.5) is 0 Å². The van der Waals surface area contributed by atoms with E-state index >= 15 is 0 Å². The van der Waals surface area contributed by atoms with Crippen LogP contribution in [0.15, 0.2) is 48.5 Å². The molecule has 0 fully saturated rings. The quantitative estimate of drug-likeness (QED) is 0.724. The van der Waals surface area contributed by atoms with E-state index in [0.29, 0.717) is 5.56 Å². The van der Waals surface area contributed by atoms with E-state index < -0.39 is 18.0 Å². The van der Waals surface area contributed by atoms with E-state index in [1.807, 2.05) is 43.3 Å². The second kappa shape index (κ2) is 7.75. The number of rotatable bonds is 7. The molecule has 2 rings (SSSR count). The number of benzene rings is 2. The van der Waals surface area contributed by atoms with Crippen molar-refractivity contribution in [1.82, 2.24) is 0 Å². The maximum Gasteiger partial charge on any atom is 0.306 e. The Balaban J connectivity index is 2.39. The highest BCUT2D eigenvalue weighted by Crippen LogP contribution is 2.32. The molecule has 0 aliphatic heterocycles. The summed E-state index contributed by atoms with van der Waals surface area (Å²) in [7, 11) is 0. The van der Waals surface area contributed by atoms with Gasteiger partial charge in [-0.2, -0.15) is 0 Å². The molecule has 0 aliphatic rings. The summed E-state index contributed by atoms with van der Waals surface area (Å²) in [5, 5.41) is 28.0. The molecule has 0 radical (unpaired) electrons. The number of hydrogen-bond donors (Lipinski definition) is 3. The lowest BCUT2D eigenvalue weighted by Crippen LogP contribution is -2.07. The van der Waals surface area contributed by atoms with Crippen LogP contribution in [0.25, 0.3) is 11.1 Å². The van der Waals surface area contributed by atoms with Crippen LogP contribution in [-0.2, 0) is 9.59 Å². The third kappa shape index (κ3) is 4.43. The number of carboxylic acid groups (broad SMARTS) is 2. The topological polar surface area (TPSA) is 94.8 Å². The minimum atomic E-state index is -1.10. The summed E-state index contributed by atoms with van der Waals surface area (Å²) in [5.41, 5.74) is 3.00. The molecule has 0 amide bonds. The second-order valence-electron chi connectivity index (χ2n) is 5.83. The molecule has 0 heterocycles. The van der Waals surface area contributed by atoms with Crippen LogP contribution in [-0.4, -0.2) is 27.3 Å². The van der Waals surface area contributed by atoms with Gasteiger partial charge in [-0.05, 0) is 28.2 Å². The van der Waals surface area contributed by atoms with E-state index in [0.717, 1.165) is 16.7 Å². The third-order valence-electron chi connectivity index (χ3n) is 3.94. The summed E-state index contributed by atoms with van der Waals surface area (Å²) in [4.78, 5) is 21.8. The Kier molecular flexibility index (Phi) is 5.71. The first kappa shape index (κ1) is 17.7. The summed E-state index contributed by atoms with van der Waals surface area (Å²) >= 11 is 0. The molecule has 0 bridgehead atoms. The number of carbonyl (C=O) groups is 2. The van der Waals surface area contributed by atoms with Gasteiger partial charge in [0.15, 0.2) is 0 Å². The van der Waals surface area contributed by atoms with Crippen LogP contribution in [0, 0.1) is 0 Å². The first-order chi connectivity index (χ1) is 11.4. The van der Waals surface area contributed by atoms with Gasteiger partial charge < -0.3 is 15.3 Å². The second-order valence-corrected chi connectivity index (χ2v) is 5.83. The van der Waals surface area contributed by atoms with Crippen molar-refractivity contribution in [2.45, 2.75) is 31.8 Å². The van der Waals surface area contributed by atoms with Crippen LogP contribution >= 0.6 is 0 Å². The summed E-state index contributed by atoms with van der Waals surface area (Å²) in [6, 6.07) is 14.6. The minimum absolute atomic E-state index is 0.0345. The van der Waals surface area contributed by atoms with Crippen LogP contribution in [0.1, 0.15) is 42.9 Å². The van der Waals surface area contributed by atoms with Gasteiger partial charge in [-0.3, -0.25) is 9.59 Å². The van der Waals surface area contributed by atoms with Gasteiger partial charge in [-0.25, -0.2) is 0 Å². The van der Waals surface area contributed by atoms with E-state index in [1.54, 1.807) is 12.1 Å². The number of hydrogen-bond acceptors (Lipinski definition) is 3. The zero-order valence-corrected chi connectivity index (χ0v) is 13.3. The molecule has 126 valence electrons. The van der Waals surface area contributed by atoms with Gasteiger partial charge in [-0.15, -0.1) is 0 Å². The van der Waals surface area contributed by atoms with Crippen molar-refractivity contribution in [3.63, 3.8) is 0 Å². The normalized spacial score (nSPS) is 13.2. The Bertz CT molecular complexity index is 738. The molecular formula is C19H20O5. The standard InChI is InChI=1S/C19H20O5/c1-12(9-18(21)22)13-5-4-6-14(10-13)15-7-2-3-8-16(15)17(20)11-19(23)24/h2-8,10,12,17,20H,9,11H2,1H3,(H,21,22)(H,23,24). The SMILES string of the molecule is CC(CC(=O)O)c1cccc(-c2ccccc2C(O)CC(=O)O)c1. The monoisotopic (exact) mass is 328 g/mol. The van der Waals surface area contributed by atoms with Crippen LogP contribution in [0.2, 0.25) is 0 Å². The van der Waals surface area contributed by atoms with Crippen molar-refractivity contribution in [1.29, 1.82) is 0 Å². The lowest BCUT2D eigenvalue weighted by Gasteiger charge is -2.16. The van der Waals surface area contributed by atoms with Crippen molar-refractivity contribution in [2.24, 2.45) is 0 Å². The van der Waals surface area contributed by atoms with E-state index in [2.05, 4.69) is 0 Å². The minimum Gasteiger partial charge on any atom is -0.481 e. The van der Waals surface area contributed by atoms with Gasteiger partial charge in [0.25, 0.3) is 0 Å². The van der Waals surface area contributed by atoms with Crippen LogP contribution in [0.3, 0.4) is 0 Å². The van der Waals surface area contributed by atoms with Crippen molar-refractivity contribution in [2.75, 3.05) is 0 Å². The molecule has 2 atom stereocenters. The van der Waals surface area contributed by atoms with Gasteiger partial charge in [-0.1, -0.05) is 55.5 Å². The van der Waals surface area contributed by atoms with Gasteiger partial charge in [0.2, 0.25) is 0 Å². The fraction of sp³-hybridized carbons (Fsp3) is 0.263. The van der Waals surface area contributed by atoms with Gasteiger partial charge in [0.05, 0.1) is 18.9 Å². The zero-order valence-electron chi connectivity index (χ0n) is 13.3. The Morgan fingerprint density at radius 2 is 1.62 bits per heavy atom. The molecule has 0 aliphatic carbocycles. The maximum atomic E-state index is 10.9. The molecule has 24 heavy (non-hydrogen) atoms. The average molecular weight is 328 g/mol. The molecule has 0 aromatic heterocycles. The van der Waals surface area contributed by atoms with E-state index in [-0.39, 0.29) is 18.8 Å². The largest absolute Gasteiger partial charge is 0.481 e. The van der Waals surface area contributed by atoms with Crippen LogP contribution in [0.5, 0.6) is 0 Å². The Morgan fingerprint density at radius 3 is 2.29 bits per heavy atom. The van der Waals surface area contributed by atoms with Crippen molar-refractivity contribution in [3.8, 4) is 11.1 Å². The predicted octanol–water partition coefficient (Wildman–Crippen LogP) is 3.44. The Hall–Kier alpha value is -2.66. The predicted molar refractivity (Wildman–Crippen MR) is 89.8 cm³/mol. The van der Waals surface area contributed by atoms with Crippen molar-refractivity contribution < 1.29 is 24.9 Å². The summed E-state index contributed by atoms with van der Waals surface area (Å²) < 4.78 is 0. The highest BCUT2D eigenvalue weighted by molar-refractivity contribution is 5.72. The molecule has 5 heteroatoms. The van der Waals surface area contributed by atoms with Crippen molar-refractivity contribution >= 4 is 11.9 Å². The first-order valence-corrected chi connectivity index (χ1v) is 7.69. The van der Waals surface area contributed by atoms with E-state index in [1.165, 1.54) is 0 Å². The molecule has 0 saturated heterocycles. The summed E-state index contributed by atoms with van der Waals surface area (Å²) in [6.45, 7) is 1.85. The lowest BCUT2D eigenvalue weighted by molar-refractivity contribution is -0.139. The van der Waals surface area contributed by atoms with Gasteiger partial charge >= 0.3 is 11.9 Å². The average Bonchev–Trinajstić information content (AvgIpc) is 2.53. The zero-order chi connectivity index (χ0) is 17.7. The number of aliphatic carboxylic acids is 2. The maximum absolute atomic E-state index is 10.9. The number of aliphatic hydroxyl groups is 1. The molecule has 0 saturated carbocycles. The fourth-order valence-electron chi connectivity index (χ4n) is 2.72. The number of aliphatic hydroxyl groups excluding tert-OH is 1. The van der Waals surface area contributed by atoms with E-state index in [4.69, 9.17) is 10.2 Å². The highest BCUT2D eigenvalue weighted by atomic mass is 16.4. The lowest BCUT2D eigenvalue weighted by atomic mass is 9.91. The van der Waals surface area contributed by atoms with Crippen molar-refractivity contribution in [3.05, 3.63) is 59.7 Å². The Labute approximate surface area is 140 Å². The van der Waals surface area contributed by atoms with Gasteiger partial charge in [0, 0.05) is 0 Å². The summed E-state index contributed by atoms with van der Waals surface area (Å²) in [6.07, 6.45) is -1.43. The molecule has 5 nitrogen and oxygen atoms in total. The van der Waals surface area contributed by atoms with Gasteiger partial charge in [0.1, 0.15) is 0 Å². The van der Waals surface area contributed by atoms with Crippen LogP contribution < -0.4 is 0 Å². The third-order valence-corrected chi connectivity index (χ3v) is 3.94. The number of carboxylic acids is 2. The smallest absolute Gasteiger partial charge is 0.306 e. The highest BCUT2D eigenvalue weighted by Gasteiger charge is 2.17. The fourth-order valence-corrected chi connectivity index (χ4v) is 2.72. The Morgan fingerprint density at radius 1 is 0.958 bits per heavy atom. The van der Waals surface area contributed by atoms with E-state index in [9.17, 15) is 14.7 Å². The molecule has 2 aromatic carbocycles.